The number of thioether (sulfide) groups is 1. The lowest BCUT2D eigenvalue weighted by molar-refractivity contribution is 0.0608. The summed E-state index contributed by atoms with van der Waals surface area (Å²) in [5.74, 6) is 0.595. The summed E-state index contributed by atoms with van der Waals surface area (Å²) in [4.78, 5) is 21.4. The van der Waals surface area contributed by atoms with Gasteiger partial charge in [0.15, 0.2) is 5.16 Å². The minimum atomic E-state index is -0.330. The monoisotopic (exact) mass is 318 g/mol. The largest absolute Gasteiger partial charge is 0.465 e. The molecule has 2 heterocycles. The molecule has 0 radical (unpaired) electrons. The van der Waals surface area contributed by atoms with Gasteiger partial charge in [-0.3, -0.25) is 0 Å². The Kier molecular flexibility index (Phi) is 3.98. The number of nitrogens with zero attached hydrogens (tertiary/aromatic N) is 1. The zero-order chi connectivity index (χ0) is 14.8. The SMILES string of the molecule is CCSc1nc2c(-c3ccccc3)sc(C(=O)OC)c2[nH]1. The van der Waals surface area contributed by atoms with E-state index >= 15 is 0 Å². The van der Waals surface area contributed by atoms with Gasteiger partial charge in [-0.15, -0.1) is 11.3 Å². The third-order valence-electron chi connectivity index (χ3n) is 3.02. The van der Waals surface area contributed by atoms with Gasteiger partial charge in [-0.2, -0.15) is 0 Å². The predicted molar refractivity (Wildman–Crippen MR) is 87.1 cm³/mol. The van der Waals surface area contributed by atoms with Crippen molar-refractivity contribution in [2.75, 3.05) is 12.9 Å². The van der Waals surface area contributed by atoms with Crippen LogP contribution >= 0.6 is 23.1 Å². The van der Waals surface area contributed by atoms with Crippen molar-refractivity contribution in [3.63, 3.8) is 0 Å². The number of benzene rings is 1. The van der Waals surface area contributed by atoms with Crippen LogP contribution in [0.25, 0.3) is 21.5 Å². The van der Waals surface area contributed by atoms with Crippen molar-refractivity contribution in [1.82, 2.24) is 9.97 Å². The Morgan fingerprint density at radius 3 is 2.81 bits per heavy atom. The Morgan fingerprint density at radius 1 is 1.38 bits per heavy atom. The second kappa shape index (κ2) is 5.91. The van der Waals surface area contributed by atoms with Gasteiger partial charge in [-0.05, 0) is 11.3 Å². The molecule has 6 heteroatoms. The number of hydrogen-bond acceptors (Lipinski definition) is 5. The summed E-state index contributed by atoms with van der Waals surface area (Å²) in [6, 6.07) is 9.97. The number of fused-ring (bicyclic) bond motifs is 1. The highest BCUT2D eigenvalue weighted by Gasteiger charge is 2.22. The molecule has 21 heavy (non-hydrogen) atoms. The summed E-state index contributed by atoms with van der Waals surface area (Å²) in [5.41, 5.74) is 2.66. The fourth-order valence-corrected chi connectivity index (χ4v) is 3.83. The molecule has 0 aliphatic carbocycles. The fourth-order valence-electron chi connectivity index (χ4n) is 2.11. The van der Waals surface area contributed by atoms with Crippen LogP contribution in [-0.2, 0) is 4.74 Å². The van der Waals surface area contributed by atoms with Crippen molar-refractivity contribution in [2.45, 2.75) is 12.1 Å². The van der Waals surface area contributed by atoms with E-state index in [9.17, 15) is 4.79 Å². The topological polar surface area (TPSA) is 55.0 Å². The number of thiophene rings is 1. The van der Waals surface area contributed by atoms with Crippen LogP contribution in [0.5, 0.6) is 0 Å². The van der Waals surface area contributed by atoms with Crippen molar-refractivity contribution in [3.05, 3.63) is 35.2 Å². The van der Waals surface area contributed by atoms with E-state index in [1.54, 1.807) is 11.8 Å². The number of aromatic amines is 1. The zero-order valence-corrected chi connectivity index (χ0v) is 13.3. The Bertz CT molecular complexity index is 778. The van der Waals surface area contributed by atoms with Gasteiger partial charge in [-0.25, -0.2) is 9.78 Å². The van der Waals surface area contributed by atoms with Gasteiger partial charge in [0.1, 0.15) is 10.4 Å². The van der Waals surface area contributed by atoms with E-state index in [0.29, 0.717) is 4.88 Å². The number of methoxy groups -OCH3 is 1. The van der Waals surface area contributed by atoms with Gasteiger partial charge < -0.3 is 9.72 Å². The minimum absolute atomic E-state index is 0.330. The molecule has 1 aromatic carbocycles. The van der Waals surface area contributed by atoms with Crippen LogP contribution < -0.4 is 0 Å². The van der Waals surface area contributed by atoms with E-state index < -0.39 is 0 Å². The molecule has 0 atom stereocenters. The number of nitrogens with one attached hydrogen (secondary N) is 1. The summed E-state index contributed by atoms with van der Waals surface area (Å²) in [7, 11) is 1.40. The van der Waals surface area contributed by atoms with E-state index in [-0.39, 0.29) is 5.97 Å². The minimum Gasteiger partial charge on any atom is -0.465 e. The highest BCUT2D eigenvalue weighted by Crippen LogP contribution is 2.38. The summed E-state index contributed by atoms with van der Waals surface area (Å²) in [6.07, 6.45) is 0. The molecule has 0 aliphatic rings. The maximum Gasteiger partial charge on any atom is 0.350 e. The van der Waals surface area contributed by atoms with Crippen LogP contribution in [0.4, 0.5) is 0 Å². The van der Waals surface area contributed by atoms with Crippen molar-refractivity contribution >= 4 is 40.1 Å². The van der Waals surface area contributed by atoms with Crippen LogP contribution in [-0.4, -0.2) is 28.8 Å². The van der Waals surface area contributed by atoms with E-state index in [0.717, 1.165) is 32.4 Å². The van der Waals surface area contributed by atoms with Crippen LogP contribution in [0.1, 0.15) is 16.6 Å². The smallest absolute Gasteiger partial charge is 0.350 e. The van der Waals surface area contributed by atoms with Gasteiger partial charge in [0, 0.05) is 0 Å². The highest BCUT2D eigenvalue weighted by atomic mass is 32.2. The Hall–Kier alpha value is -1.79. The quantitative estimate of drug-likeness (QED) is 0.579. The predicted octanol–water partition coefficient (Wildman–Crippen LogP) is 4.19. The molecule has 0 spiro atoms. The van der Waals surface area contributed by atoms with Crippen LogP contribution in [0.2, 0.25) is 0 Å². The molecule has 1 N–H and O–H groups in total. The van der Waals surface area contributed by atoms with Crippen LogP contribution in [0, 0.1) is 0 Å². The number of aromatic nitrogens is 2. The second-order valence-electron chi connectivity index (χ2n) is 4.32. The second-order valence-corrected chi connectivity index (χ2v) is 6.59. The molecular formula is C15H14N2O2S2. The lowest BCUT2D eigenvalue weighted by Gasteiger charge is -1.97. The first-order chi connectivity index (χ1) is 10.2. The maximum atomic E-state index is 12.0. The first-order valence-electron chi connectivity index (χ1n) is 6.53. The van der Waals surface area contributed by atoms with Crippen molar-refractivity contribution < 1.29 is 9.53 Å². The normalized spacial score (nSPS) is 11.0. The van der Waals surface area contributed by atoms with Crippen molar-refractivity contribution in [1.29, 1.82) is 0 Å². The Morgan fingerprint density at radius 2 is 2.14 bits per heavy atom. The van der Waals surface area contributed by atoms with Gasteiger partial charge in [0.05, 0.1) is 17.5 Å². The first-order valence-corrected chi connectivity index (χ1v) is 8.33. The number of hydrogen-bond donors (Lipinski definition) is 1. The fraction of sp³-hybridized carbons (Fsp3) is 0.200. The molecule has 0 fully saturated rings. The maximum absolute atomic E-state index is 12.0. The third kappa shape index (κ3) is 2.56. The molecule has 108 valence electrons. The summed E-state index contributed by atoms with van der Waals surface area (Å²) in [6.45, 7) is 2.07. The number of rotatable bonds is 4. The average molecular weight is 318 g/mol. The summed E-state index contributed by atoms with van der Waals surface area (Å²) < 4.78 is 4.88. The van der Waals surface area contributed by atoms with Gasteiger partial charge in [0.2, 0.25) is 0 Å². The summed E-state index contributed by atoms with van der Waals surface area (Å²) in [5, 5.41) is 0.831. The van der Waals surface area contributed by atoms with Crippen molar-refractivity contribution in [2.24, 2.45) is 0 Å². The number of H-pyrrole nitrogens is 1. The molecule has 0 saturated carbocycles. The molecule has 3 rings (SSSR count). The van der Waals surface area contributed by atoms with E-state index in [4.69, 9.17) is 4.74 Å². The molecular weight excluding hydrogens is 304 g/mol. The molecule has 0 aliphatic heterocycles. The number of imidazole rings is 1. The first kappa shape index (κ1) is 14.2. The van der Waals surface area contributed by atoms with E-state index in [1.165, 1.54) is 18.4 Å². The summed E-state index contributed by atoms with van der Waals surface area (Å²) >= 11 is 3.04. The molecule has 0 unspecified atom stereocenters. The van der Waals surface area contributed by atoms with Crippen molar-refractivity contribution in [3.8, 4) is 10.4 Å². The Balaban J connectivity index is 2.22. The molecule has 0 amide bonds. The number of carbonyl (C=O) groups excluding carboxylic acids is 1. The highest BCUT2D eigenvalue weighted by molar-refractivity contribution is 7.99. The number of esters is 1. The number of carbonyl (C=O) groups is 1. The average Bonchev–Trinajstić information content (AvgIpc) is 3.06. The van der Waals surface area contributed by atoms with E-state index in [2.05, 4.69) is 16.9 Å². The third-order valence-corrected chi connectivity index (χ3v) is 4.98. The van der Waals surface area contributed by atoms with E-state index in [1.807, 2.05) is 30.3 Å². The number of ether oxygens (including phenoxy) is 1. The molecule has 2 aromatic heterocycles. The van der Waals surface area contributed by atoms with Gasteiger partial charge in [0.25, 0.3) is 0 Å². The molecule has 3 aromatic rings. The zero-order valence-electron chi connectivity index (χ0n) is 11.7. The van der Waals surface area contributed by atoms with Crippen LogP contribution in [0.15, 0.2) is 35.5 Å². The lowest BCUT2D eigenvalue weighted by atomic mass is 10.2. The van der Waals surface area contributed by atoms with Gasteiger partial charge >= 0.3 is 5.97 Å². The standard InChI is InChI=1S/C15H14N2O2S2/c1-3-20-15-16-10-11(17-15)13(14(18)19-2)21-12(10)9-7-5-4-6-8-9/h4-8H,3H2,1-2H3,(H,16,17). The molecule has 4 nitrogen and oxygen atoms in total. The molecule has 0 saturated heterocycles. The lowest BCUT2D eigenvalue weighted by Crippen LogP contribution is -1.98. The molecule has 0 bridgehead atoms. The van der Waals surface area contributed by atoms with Gasteiger partial charge in [-0.1, -0.05) is 49.0 Å². The van der Waals surface area contributed by atoms with Crippen LogP contribution in [0.3, 0.4) is 0 Å². The Labute approximate surface area is 130 Å².